The Bertz CT molecular complexity index is 1220. The van der Waals surface area contributed by atoms with E-state index in [1.54, 1.807) is 45.4 Å². The molecule has 0 bridgehead atoms. The summed E-state index contributed by atoms with van der Waals surface area (Å²) in [6.07, 6.45) is -0.110. The van der Waals surface area contributed by atoms with Crippen LogP contribution in [-0.4, -0.2) is 66.8 Å². The molecule has 1 aliphatic rings. The van der Waals surface area contributed by atoms with Crippen LogP contribution in [0.5, 0.6) is 23.0 Å². The topological polar surface area (TPSA) is 66.9 Å². The van der Waals surface area contributed by atoms with Crippen LogP contribution in [0, 0.1) is 0 Å². The van der Waals surface area contributed by atoms with Crippen LogP contribution in [0.25, 0.3) is 0 Å². The Balaban J connectivity index is 1.53. The number of phenolic OH excluding ortho intramolecular Hbond substituents is 1. The average Bonchev–Trinajstić information content (AvgIpc) is 3.21. The van der Waals surface area contributed by atoms with E-state index < -0.39 is 0 Å². The van der Waals surface area contributed by atoms with E-state index in [1.165, 1.54) is 5.56 Å². The van der Waals surface area contributed by atoms with Gasteiger partial charge in [-0.3, -0.25) is 9.74 Å². The number of hydrogen-bond donors (Lipinski definition) is 1. The van der Waals surface area contributed by atoms with Gasteiger partial charge in [-0.15, -0.1) is 0 Å². The summed E-state index contributed by atoms with van der Waals surface area (Å²) in [5.41, 5.74) is 3.17. The van der Waals surface area contributed by atoms with Crippen LogP contribution in [0.2, 0.25) is 0 Å². The lowest BCUT2D eigenvalue weighted by Gasteiger charge is -2.27. The summed E-state index contributed by atoms with van der Waals surface area (Å²) in [6.45, 7) is 1.20. The van der Waals surface area contributed by atoms with Gasteiger partial charge in [-0.25, -0.2) is 4.31 Å². The molecule has 0 spiro atoms. The van der Waals surface area contributed by atoms with Crippen molar-refractivity contribution in [3.8, 4) is 23.0 Å². The molecule has 3 aromatic carbocycles. The van der Waals surface area contributed by atoms with Gasteiger partial charge in [0, 0.05) is 47.9 Å². The minimum absolute atomic E-state index is 0.0148. The zero-order valence-electron chi connectivity index (χ0n) is 22.3. The van der Waals surface area contributed by atoms with Gasteiger partial charge in [0.05, 0.1) is 27.1 Å². The summed E-state index contributed by atoms with van der Waals surface area (Å²) >= 11 is 5.21. The van der Waals surface area contributed by atoms with E-state index in [1.807, 2.05) is 48.5 Å². The molecule has 0 saturated carbocycles. The van der Waals surface area contributed by atoms with E-state index in [0.29, 0.717) is 24.6 Å². The fourth-order valence-electron chi connectivity index (χ4n) is 4.51. The second-order valence-corrected chi connectivity index (χ2v) is 11.0. The van der Waals surface area contributed by atoms with Gasteiger partial charge in [0.2, 0.25) is 0 Å². The Kier molecular flexibility index (Phi) is 9.80. The van der Waals surface area contributed by atoms with Crippen molar-refractivity contribution < 1.29 is 24.2 Å². The Morgan fingerprint density at radius 2 is 1.53 bits per heavy atom. The molecule has 10 heteroatoms. The third-order valence-electron chi connectivity index (χ3n) is 6.50. The lowest BCUT2D eigenvalue weighted by Crippen LogP contribution is -2.32. The SMILES string of the molecule is COc1ccc(CN(Cc2ccc(O)cc2OC)SCC2ON(C)C(c3ccc(Br)cc3)N2C)c(OC)c1. The van der Waals surface area contributed by atoms with E-state index in [9.17, 15) is 5.11 Å². The normalized spacial score (nSPS) is 18.2. The highest BCUT2D eigenvalue weighted by Gasteiger charge is 2.37. The number of benzene rings is 3. The molecular formula is C28H34BrN3O5S. The fourth-order valence-corrected chi connectivity index (χ4v) is 5.87. The van der Waals surface area contributed by atoms with Crippen molar-refractivity contribution in [3.63, 3.8) is 0 Å². The first-order valence-corrected chi connectivity index (χ1v) is 13.9. The number of methoxy groups -OCH3 is 3. The number of nitrogens with zero attached hydrogens (tertiary/aromatic N) is 3. The minimum atomic E-state index is -0.124. The molecule has 0 radical (unpaired) electrons. The summed E-state index contributed by atoms with van der Waals surface area (Å²) < 4.78 is 19.9. The Labute approximate surface area is 237 Å². The molecule has 1 N–H and O–H groups in total. The molecule has 0 amide bonds. The Morgan fingerprint density at radius 3 is 2.16 bits per heavy atom. The van der Waals surface area contributed by atoms with Crippen molar-refractivity contribution >= 4 is 27.9 Å². The van der Waals surface area contributed by atoms with Crippen LogP contribution in [0.15, 0.2) is 65.1 Å². The number of hydroxylamine groups is 2. The molecule has 2 atom stereocenters. The standard InChI is InChI=1S/C28H34BrN3O5S/c1-30-27(37-31(2)28(30)19-6-10-22(29)11-7-19)18-38-32(16-20-8-12-23(33)14-25(20)35-4)17-21-9-13-24(34-3)15-26(21)36-5/h6-15,27-28,33H,16-18H2,1-5H3. The molecule has 0 aliphatic carbocycles. The third kappa shape index (κ3) is 6.74. The number of ether oxygens (including phenoxy) is 3. The van der Waals surface area contributed by atoms with Gasteiger partial charge < -0.3 is 19.3 Å². The van der Waals surface area contributed by atoms with Crippen molar-refractivity contribution in [1.29, 1.82) is 0 Å². The van der Waals surface area contributed by atoms with Crippen LogP contribution in [-0.2, 0) is 17.9 Å². The molecule has 3 aromatic rings. The van der Waals surface area contributed by atoms with Crippen molar-refractivity contribution in [3.05, 3.63) is 81.8 Å². The summed E-state index contributed by atoms with van der Waals surface area (Å²) in [7, 11) is 8.97. The van der Waals surface area contributed by atoms with E-state index in [-0.39, 0.29) is 18.1 Å². The number of rotatable bonds is 11. The van der Waals surface area contributed by atoms with E-state index >= 15 is 0 Å². The van der Waals surface area contributed by atoms with E-state index in [4.69, 9.17) is 19.0 Å². The van der Waals surface area contributed by atoms with Crippen LogP contribution in [0.1, 0.15) is 22.9 Å². The van der Waals surface area contributed by atoms with Crippen molar-refractivity contribution in [2.24, 2.45) is 0 Å². The lowest BCUT2D eigenvalue weighted by molar-refractivity contribution is -0.139. The molecule has 2 unspecified atom stereocenters. The number of aromatic hydroxyl groups is 1. The van der Waals surface area contributed by atoms with Crippen LogP contribution in [0.4, 0.5) is 0 Å². The molecule has 1 fully saturated rings. The van der Waals surface area contributed by atoms with Gasteiger partial charge >= 0.3 is 0 Å². The first-order valence-electron chi connectivity index (χ1n) is 12.1. The Hall–Kier alpha value is -2.47. The highest BCUT2D eigenvalue weighted by Crippen LogP contribution is 2.36. The molecule has 1 saturated heterocycles. The van der Waals surface area contributed by atoms with Gasteiger partial charge in [0.15, 0.2) is 0 Å². The van der Waals surface area contributed by atoms with E-state index in [2.05, 4.69) is 44.3 Å². The van der Waals surface area contributed by atoms with Crippen molar-refractivity contribution in [2.45, 2.75) is 25.5 Å². The first kappa shape index (κ1) is 28.5. The summed E-state index contributed by atoms with van der Waals surface area (Å²) in [5.74, 6) is 3.02. The summed E-state index contributed by atoms with van der Waals surface area (Å²) in [5, 5.41) is 11.8. The lowest BCUT2D eigenvalue weighted by atomic mass is 10.1. The Morgan fingerprint density at radius 1 is 0.895 bits per heavy atom. The zero-order valence-corrected chi connectivity index (χ0v) is 24.7. The summed E-state index contributed by atoms with van der Waals surface area (Å²) in [6, 6.07) is 19.4. The van der Waals surface area contributed by atoms with Crippen LogP contribution in [0.3, 0.4) is 0 Å². The maximum atomic E-state index is 9.93. The van der Waals surface area contributed by atoms with Crippen LogP contribution < -0.4 is 14.2 Å². The highest BCUT2D eigenvalue weighted by atomic mass is 79.9. The van der Waals surface area contributed by atoms with Crippen LogP contribution >= 0.6 is 27.9 Å². The van der Waals surface area contributed by atoms with Gasteiger partial charge in [0.1, 0.15) is 35.4 Å². The molecule has 4 rings (SSSR count). The van der Waals surface area contributed by atoms with Gasteiger partial charge in [-0.1, -0.05) is 52.1 Å². The zero-order chi connectivity index (χ0) is 27.2. The second kappa shape index (κ2) is 13.1. The maximum absolute atomic E-state index is 9.93. The van der Waals surface area contributed by atoms with Gasteiger partial charge in [0.25, 0.3) is 0 Å². The molecule has 1 heterocycles. The molecular weight excluding hydrogens is 570 g/mol. The van der Waals surface area contributed by atoms with Crippen molar-refractivity contribution in [1.82, 2.24) is 14.3 Å². The van der Waals surface area contributed by atoms with Crippen molar-refractivity contribution in [2.75, 3.05) is 41.2 Å². The van der Waals surface area contributed by atoms with E-state index in [0.717, 1.165) is 27.1 Å². The minimum Gasteiger partial charge on any atom is -0.508 e. The largest absolute Gasteiger partial charge is 0.508 e. The molecule has 204 valence electrons. The maximum Gasteiger partial charge on any atom is 0.144 e. The molecule has 1 aliphatic heterocycles. The third-order valence-corrected chi connectivity index (χ3v) is 8.08. The average molecular weight is 605 g/mol. The van der Waals surface area contributed by atoms with Gasteiger partial charge in [-0.05, 0) is 36.9 Å². The molecule has 8 nitrogen and oxygen atoms in total. The smallest absolute Gasteiger partial charge is 0.144 e. The first-order chi connectivity index (χ1) is 18.3. The number of phenols is 1. The van der Waals surface area contributed by atoms with Gasteiger partial charge in [-0.2, -0.15) is 5.06 Å². The predicted molar refractivity (Wildman–Crippen MR) is 153 cm³/mol. The number of halogens is 1. The molecule has 0 aromatic heterocycles. The quantitative estimate of drug-likeness (QED) is 0.279. The number of hydrogen-bond acceptors (Lipinski definition) is 9. The fraction of sp³-hybridized carbons (Fsp3) is 0.357. The monoisotopic (exact) mass is 603 g/mol. The highest BCUT2D eigenvalue weighted by molar-refractivity contribution is 9.10. The second-order valence-electron chi connectivity index (χ2n) is 8.96. The predicted octanol–water partition coefficient (Wildman–Crippen LogP) is 5.66. The summed E-state index contributed by atoms with van der Waals surface area (Å²) in [4.78, 5) is 8.50. The molecule has 38 heavy (non-hydrogen) atoms.